The Morgan fingerprint density at radius 2 is 1.96 bits per heavy atom. The number of rotatable bonds is 6. The second-order valence-electron chi connectivity index (χ2n) is 5.04. The van der Waals surface area contributed by atoms with Crippen LogP contribution < -0.4 is 9.46 Å². The standard InChI is InChI=1S/C15H14FN5O3S/c1-24-15-8-13(6-7-14(15)21-10-17-19-20-21)25(22,23)18-9-11-2-4-12(16)5-3-11/h2-8,10,18H,9H2,1H3. The SMILES string of the molecule is COc1cc(S(=O)(=O)NCc2ccc(F)cc2)ccc1-n1cnnn1. The number of ether oxygens (including phenoxy) is 1. The highest BCUT2D eigenvalue weighted by molar-refractivity contribution is 7.89. The van der Waals surface area contributed by atoms with E-state index in [1.807, 2.05) is 0 Å². The minimum atomic E-state index is -3.77. The van der Waals surface area contributed by atoms with Gasteiger partial charge in [0.25, 0.3) is 0 Å². The molecule has 0 radical (unpaired) electrons. The highest BCUT2D eigenvalue weighted by Gasteiger charge is 2.17. The first-order valence-electron chi connectivity index (χ1n) is 7.15. The first kappa shape index (κ1) is 17.0. The molecule has 1 heterocycles. The fourth-order valence-electron chi connectivity index (χ4n) is 2.15. The number of methoxy groups -OCH3 is 1. The van der Waals surface area contributed by atoms with Crippen LogP contribution in [0.15, 0.2) is 53.7 Å². The zero-order valence-electron chi connectivity index (χ0n) is 13.1. The number of halogens is 1. The monoisotopic (exact) mass is 363 g/mol. The Kier molecular flexibility index (Phi) is 4.72. The molecule has 0 spiro atoms. The first-order chi connectivity index (χ1) is 12.0. The molecule has 25 heavy (non-hydrogen) atoms. The highest BCUT2D eigenvalue weighted by Crippen LogP contribution is 2.25. The lowest BCUT2D eigenvalue weighted by molar-refractivity contribution is 0.410. The van der Waals surface area contributed by atoms with Gasteiger partial charge in [0.15, 0.2) is 0 Å². The summed E-state index contributed by atoms with van der Waals surface area (Å²) in [5.74, 6) is -0.0773. The molecule has 8 nitrogen and oxygen atoms in total. The van der Waals surface area contributed by atoms with E-state index in [-0.39, 0.29) is 17.3 Å². The molecule has 0 bridgehead atoms. The zero-order valence-corrected chi connectivity index (χ0v) is 13.9. The molecule has 0 aliphatic carbocycles. The largest absolute Gasteiger partial charge is 0.494 e. The maximum absolute atomic E-state index is 12.9. The van der Waals surface area contributed by atoms with Crippen molar-refractivity contribution in [1.82, 2.24) is 24.9 Å². The van der Waals surface area contributed by atoms with Crippen LogP contribution in [0.2, 0.25) is 0 Å². The average molecular weight is 363 g/mol. The van der Waals surface area contributed by atoms with Gasteiger partial charge in [-0.2, -0.15) is 4.68 Å². The smallest absolute Gasteiger partial charge is 0.241 e. The van der Waals surface area contributed by atoms with Gasteiger partial charge < -0.3 is 4.74 Å². The first-order valence-corrected chi connectivity index (χ1v) is 8.63. The van der Waals surface area contributed by atoms with Gasteiger partial charge >= 0.3 is 0 Å². The predicted molar refractivity (Wildman–Crippen MR) is 86.1 cm³/mol. The summed E-state index contributed by atoms with van der Waals surface area (Å²) in [6, 6.07) is 9.91. The summed E-state index contributed by atoms with van der Waals surface area (Å²) in [4.78, 5) is 0.0308. The van der Waals surface area contributed by atoms with Crippen molar-refractivity contribution >= 4 is 10.0 Å². The van der Waals surface area contributed by atoms with Gasteiger partial charge in [0, 0.05) is 12.6 Å². The number of nitrogens with one attached hydrogen (secondary N) is 1. The maximum Gasteiger partial charge on any atom is 0.241 e. The van der Waals surface area contributed by atoms with Crippen molar-refractivity contribution in [2.45, 2.75) is 11.4 Å². The van der Waals surface area contributed by atoms with E-state index in [0.29, 0.717) is 17.0 Å². The Balaban J connectivity index is 1.83. The summed E-state index contributed by atoms with van der Waals surface area (Å²) in [5, 5.41) is 10.8. The van der Waals surface area contributed by atoms with Gasteiger partial charge in [-0.25, -0.2) is 17.5 Å². The molecule has 0 fully saturated rings. The number of nitrogens with zero attached hydrogens (tertiary/aromatic N) is 4. The Bertz CT molecular complexity index is 959. The minimum Gasteiger partial charge on any atom is -0.494 e. The summed E-state index contributed by atoms with van der Waals surface area (Å²) in [5.41, 5.74) is 1.15. The molecule has 0 amide bonds. The molecule has 10 heteroatoms. The highest BCUT2D eigenvalue weighted by atomic mass is 32.2. The molecule has 0 atom stereocenters. The second-order valence-corrected chi connectivity index (χ2v) is 6.81. The van der Waals surface area contributed by atoms with Crippen molar-refractivity contribution in [3.63, 3.8) is 0 Å². The quantitative estimate of drug-likeness (QED) is 0.708. The van der Waals surface area contributed by atoms with Gasteiger partial charge in [0.1, 0.15) is 23.6 Å². The third-order valence-corrected chi connectivity index (χ3v) is 4.84. The Morgan fingerprint density at radius 1 is 1.20 bits per heavy atom. The predicted octanol–water partition coefficient (Wildman–Crippen LogP) is 1.29. The lowest BCUT2D eigenvalue weighted by atomic mass is 10.2. The van der Waals surface area contributed by atoms with E-state index < -0.39 is 10.0 Å². The van der Waals surface area contributed by atoms with Crippen LogP contribution in [0.5, 0.6) is 5.75 Å². The van der Waals surface area contributed by atoms with E-state index in [1.54, 1.807) is 6.07 Å². The van der Waals surface area contributed by atoms with Gasteiger partial charge in [-0.05, 0) is 40.3 Å². The van der Waals surface area contributed by atoms with Crippen LogP contribution in [0.25, 0.3) is 5.69 Å². The fourth-order valence-corrected chi connectivity index (χ4v) is 3.18. The van der Waals surface area contributed by atoms with Crippen LogP contribution in [0.4, 0.5) is 4.39 Å². The number of tetrazole rings is 1. The van der Waals surface area contributed by atoms with Gasteiger partial charge in [0.2, 0.25) is 10.0 Å². The molecular weight excluding hydrogens is 349 g/mol. The molecular formula is C15H14FN5O3S. The van der Waals surface area contributed by atoms with Crippen molar-refractivity contribution in [2.24, 2.45) is 0 Å². The van der Waals surface area contributed by atoms with Gasteiger partial charge in [0.05, 0.1) is 12.0 Å². The molecule has 130 valence electrons. The van der Waals surface area contributed by atoms with E-state index in [9.17, 15) is 12.8 Å². The summed E-state index contributed by atoms with van der Waals surface area (Å²) >= 11 is 0. The lowest BCUT2D eigenvalue weighted by Crippen LogP contribution is -2.23. The maximum atomic E-state index is 12.9. The van der Waals surface area contributed by atoms with Crippen LogP contribution in [0.3, 0.4) is 0 Å². The van der Waals surface area contributed by atoms with Crippen LogP contribution in [0, 0.1) is 5.82 Å². The summed E-state index contributed by atoms with van der Waals surface area (Å²) in [6.07, 6.45) is 1.37. The van der Waals surface area contributed by atoms with E-state index >= 15 is 0 Å². The number of hydrogen-bond donors (Lipinski definition) is 1. The van der Waals surface area contributed by atoms with Gasteiger partial charge in [-0.1, -0.05) is 12.1 Å². The van der Waals surface area contributed by atoms with Gasteiger partial charge in [-0.3, -0.25) is 0 Å². The van der Waals surface area contributed by atoms with E-state index in [2.05, 4.69) is 20.2 Å². The average Bonchev–Trinajstić information content (AvgIpc) is 3.15. The number of sulfonamides is 1. The normalized spacial score (nSPS) is 11.4. The van der Waals surface area contributed by atoms with Crippen molar-refractivity contribution in [3.8, 4) is 11.4 Å². The Morgan fingerprint density at radius 3 is 2.60 bits per heavy atom. The Hall–Kier alpha value is -2.85. The van der Waals surface area contributed by atoms with Crippen molar-refractivity contribution < 1.29 is 17.5 Å². The molecule has 2 aromatic carbocycles. The lowest BCUT2D eigenvalue weighted by Gasteiger charge is -2.11. The molecule has 0 saturated heterocycles. The number of benzene rings is 2. The molecule has 3 rings (SSSR count). The molecule has 0 aliphatic rings. The zero-order chi connectivity index (χ0) is 17.9. The fraction of sp³-hybridized carbons (Fsp3) is 0.133. The third kappa shape index (κ3) is 3.80. The van der Waals surface area contributed by atoms with Crippen LogP contribution in [-0.4, -0.2) is 35.7 Å². The number of aromatic nitrogens is 4. The minimum absolute atomic E-state index is 0.0308. The number of hydrogen-bond acceptors (Lipinski definition) is 6. The van der Waals surface area contributed by atoms with Gasteiger partial charge in [-0.15, -0.1) is 5.10 Å². The van der Waals surface area contributed by atoms with Crippen LogP contribution in [0.1, 0.15) is 5.56 Å². The van der Waals surface area contributed by atoms with Crippen LogP contribution in [-0.2, 0) is 16.6 Å². The van der Waals surface area contributed by atoms with Crippen molar-refractivity contribution in [3.05, 3.63) is 60.2 Å². The van der Waals surface area contributed by atoms with E-state index in [1.165, 1.54) is 54.5 Å². The summed E-state index contributed by atoms with van der Waals surface area (Å²) in [7, 11) is -2.35. The molecule has 3 aromatic rings. The summed E-state index contributed by atoms with van der Waals surface area (Å²) < 4.78 is 46.9. The second kappa shape index (κ2) is 6.95. The molecule has 0 saturated carbocycles. The third-order valence-electron chi connectivity index (χ3n) is 3.44. The van der Waals surface area contributed by atoms with Crippen molar-refractivity contribution in [2.75, 3.05) is 7.11 Å². The van der Waals surface area contributed by atoms with Crippen LogP contribution >= 0.6 is 0 Å². The molecule has 0 aliphatic heterocycles. The Labute approximate surface area is 143 Å². The molecule has 1 aromatic heterocycles. The molecule has 1 N–H and O–H groups in total. The topological polar surface area (TPSA) is 99.0 Å². The molecule has 0 unspecified atom stereocenters. The summed E-state index contributed by atoms with van der Waals surface area (Å²) in [6.45, 7) is 0.0413. The van der Waals surface area contributed by atoms with Crippen molar-refractivity contribution in [1.29, 1.82) is 0 Å². The van der Waals surface area contributed by atoms with E-state index in [4.69, 9.17) is 4.74 Å². The van der Waals surface area contributed by atoms with E-state index in [0.717, 1.165) is 0 Å².